The maximum absolute atomic E-state index is 12.1. The first-order chi connectivity index (χ1) is 11.9. The third kappa shape index (κ3) is 6.13. The van der Waals surface area contributed by atoms with Crippen molar-refractivity contribution in [3.63, 3.8) is 0 Å². The van der Waals surface area contributed by atoms with Crippen LogP contribution >= 0.6 is 0 Å². The molecule has 1 heterocycles. The number of sulfonamides is 1. The van der Waals surface area contributed by atoms with Gasteiger partial charge in [0, 0.05) is 25.9 Å². The van der Waals surface area contributed by atoms with Crippen LogP contribution in [0, 0.1) is 0 Å². The Hall–Kier alpha value is -1.93. The normalized spacial score (nSPS) is 16.5. The number of benzene rings is 1. The molecule has 1 amide bonds. The summed E-state index contributed by atoms with van der Waals surface area (Å²) in [7, 11) is -3.31. The molecule has 0 radical (unpaired) electrons. The molecule has 0 aliphatic carbocycles. The molecule has 0 aromatic heterocycles. The topological polar surface area (TPSA) is 104 Å². The number of carboxylic acids is 1. The second kappa shape index (κ2) is 8.96. The number of aliphatic carboxylic acids is 1. The van der Waals surface area contributed by atoms with E-state index in [9.17, 15) is 23.1 Å². The van der Waals surface area contributed by atoms with Crippen LogP contribution in [0.3, 0.4) is 0 Å². The van der Waals surface area contributed by atoms with Gasteiger partial charge >= 0.3 is 5.97 Å². The van der Waals surface area contributed by atoms with Gasteiger partial charge in [-0.25, -0.2) is 17.5 Å². The van der Waals surface area contributed by atoms with Crippen LogP contribution in [-0.4, -0.2) is 54.6 Å². The van der Waals surface area contributed by atoms with Gasteiger partial charge in [-0.05, 0) is 24.8 Å². The SMILES string of the molecule is O=C(CCCS(=O)(=O)N1CCCC1)N[C@@H](Cc1ccccc1)C(=O)O. The van der Waals surface area contributed by atoms with Crippen LogP contribution in [0.5, 0.6) is 0 Å². The van der Waals surface area contributed by atoms with Gasteiger partial charge in [-0.1, -0.05) is 30.3 Å². The quantitative estimate of drug-likeness (QED) is 0.677. The second-order valence-corrected chi connectivity index (χ2v) is 8.26. The summed E-state index contributed by atoms with van der Waals surface area (Å²) in [6, 6.07) is 8.01. The number of hydrogen-bond acceptors (Lipinski definition) is 4. The van der Waals surface area contributed by atoms with Crippen molar-refractivity contribution in [2.24, 2.45) is 0 Å². The van der Waals surface area contributed by atoms with Crippen LogP contribution in [-0.2, 0) is 26.0 Å². The van der Waals surface area contributed by atoms with E-state index in [0.29, 0.717) is 13.1 Å². The molecule has 1 aromatic rings. The van der Waals surface area contributed by atoms with Crippen molar-refractivity contribution >= 4 is 21.9 Å². The van der Waals surface area contributed by atoms with Crippen LogP contribution in [0.15, 0.2) is 30.3 Å². The van der Waals surface area contributed by atoms with Gasteiger partial charge < -0.3 is 10.4 Å². The van der Waals surface area contributed by atoms with E-state index in [1.165, 1.54) is 4.31 Å². The molecule has 1 fully saturated rings. The van der Waals surface area contributed by atoms with Crippen LogP contribution in [0.2, 0.25) is 0 Å². The van der Waals surface area contributed by atoms with E-state index in [1.807, 2.05) is 6.07 Å². The van der Waals surface area contributed by atoms with Gasteiger partial charge in [0.1, 0.15) is 6.04 Å². The summed E-state index contributed by atoms with van der Waals surface area (Å²) in [5, 5.41) is 11.7. The molecular formula is C17H24N2O5S. The van der Waals surface area contributed by atoms with Crippen LogP contribution in [0.25, 0.3) is 0 Å². The minimum atomic E-state index is -3.31. The minimum absolute atomic E-state index is 0.00829. The Morgan fingerprint density at radius 1 is 1.16 bits per heavy atom. The number of amides is 1. The predicted molar refractivity (Wildman–Crippen MR) is 93.5 cm³/mol. The number of carbonyl (C=O) groups is 2. The monoisotopic (exact) mass is 368 g/mol. The lowest BCUT2D eigenvalue weighted by atomic mass is 10.1. The largest absolute Gasteiger partial charge is 0.480 e. The molecule has 25 heavy (non-hydrogen) atoms. The van der Waals surface area contributed by atoms with Gasteiger partial charge in [-0.15, -0.1) is 0 Å². The van der Waals surface area contributed by atoms with Crippen LogP contribution in [0.1, 0.15) is 31.2 Å². The highest BCUT2D eigenvalue weighted by Crippen LogP contribution is 2.14. The fourth-order valence-corrected chi connectivity index (χ4v) is 4.41. The van der Waals surface area contributed by atoms with Gasteiger partial charge in [0.2, 0.25) is 15.9 Å². The number of rotatable bonds is 9. The van der Waals surface area contributed by atoms with E-state index >= 15 is 0 Å². The summed E-state index contributed by atoms with van der Waals surface area (Å²) in [4.78, 5) is 23.3. The highest BCUT2D eigenvalue weighted by Gasteiger charge is 2.25. The Kier molecular flexibility index (Phi) is 6.95. The van der Waals surface area contributed by atoms with Crippen molar-refractivity contribution < 1.29 is 23.1 Å². The van der Waals surface area contributed by atoms with Gasteiger partial charge in [-0.2, -0.15) is 0 Å². The standard InChI is InChI=1S/C17H24N2O5S/c20-16(9-6-12-25(23,24)19-10-4-5-11-19)18-15(17(21)22)13-14-7-2-1-3-8-14/h1-3,7-8,15H,4-6,9-13H2,(H,18,20)(H,21,22)/t15-/m0/s1. The maximum Gasteiger partial charge on any atom is 0.326 e. The molecule has 1 aliphatic heterocycles. The van der Waals surface area contributed by atoms with Crippen molar-refractivity contribution in [2.45, 2.75) is 38.1 Å². The van der Waals surface area contributed by atoms with Crippen LogP contribution in [0.4, 0.5) is 0 Å². The maximum atomic E-state index is 12.1. The Bertz CT molecular complexity index is 684. The third-order valence-corrected chi connectivity index (χ3v) is 6.14. The first-order valence-electron chi connectivity index (χ1n) is 8.42. The lowest BCUT2D eigenvalue weighted by Gasteiger charge is -2.16. The zero-order valence-electron chi connectivity index (χ0n) is 14.1. The summed E-state index contributed by atoms with van der Waals surface area (Å²) in [6.45, 7) is 1.10. The van der Waals surface area contributed by atoms with E-state index in [1.54, 1.807) is 24.3 Å². The van der Waals surface area contributed by atoms with E-state index in [2.05, 4.69) is 5.32 Å². The first kappa shape index (κ1) is 19.4. The van der Waals surface area contributed by atoms with Crippen molar-refractivity contribution in [1.82, 2.24) is 9.62 Å². The summed E-state index contributed by atoms with van der Waals surface area (Å²) in [5.74, 6) is -1.64. The van der Waals surface area contributed by atoms with Crippen molar-refractivity contribution in [1.29, 1.82) is 0 Å². The molecule has 0 unspecified atom stereocenters. The van der Waals surface area contributed by atoms with Crippen LogP contribution < -0.4 is 5.32 Å². The number of carbonyl (C=O) groups excluding carboxylic acids is 1. The molecule has 8 heteroatoms. The fraction of sp³-hybridized carbons (Fsp3) is 0.529. The molecule has 0 saturated carbocycles. The predicted octanol–water partition coefficient (Wildman–Crippen LogP) is 1.00. The Morgan fingerprint density at radius 2 is 1.80 bits per heavy atom. The average molecular weight is 368 g/mol. The molecule has 2 rings (SSSR count). The highest BCUT2D eigenvalue weighted by molar-refractivity contribution is 7.89. The molecule has 2 N–H and O–H groups in total. The number of hydrogen-bond donors (Lipinski definition) is 2. The number of carboxylic acid groups (broad SMARTS) is 1. The molecule has 1 atom stereocenters. The van der Waals surface area contributed by atoms with Gasteiger partial charge in [0.15, 0.2) is 0 Å². The van der Waals surface area contributed by atoms with Gasteiger partial charge in [-0.3, -0.25) is 4.79 Å². The van der Waals surface area contributed by atoms with E-state index < -0.39 is 27.9 Å². The molecule has 1 aliphatic rings. The van der Waals surface area contributed by atoms with Gasteiger partial charge in [0.05, 0.1) is 5.75 Å². The Morgan fingerprint density at radius 3 is 2.40 bits per heavy atom. The fourth-order valence-electron chi connectivity index (χ4n) is 2.83. The van der Waals surface area contributed by atoms with Gasteiger partial charge in [0.25, 0.3) is 0 Å². The molecular weight excluding hydrogens is 344 g/mol. The van der Waals surface area contributed by atoms with Crippen molar-refractivity contribution in [3.05, 3.63) is 35.9 Å². The third-order valence-electron chi connectivity index (χ3n) is 4.18. The van der Waals surface area contributed by atoms with Crippen molar-refractivity contribution in [2.75, 3.05) is 18.8 Å². The molecule has 1 aromatic carbocycles. The summed E-state index contributed by atoms with van der Waals surface area (Å²) >= 11 is 0. The summed E-state index contributed by atoms with van der Waals surface area (Å²) < 4.78 is 25.6. The summed E-state index contributed by atoms with van der Waals surface area (Å²) in [6.07, 6.45) is 2.11. The molecule has 0 spiro atoms. The van der Waals surface area contributed by atoms with E-state index in [-0.39, 0.29) is 25.0 Å². The zero-order valence-corrected chi connectivity index (χ0v) is 14.9. The second-order valence-electron chi connectivity index (χ2n) is 6.17. The zero-order chi connectivity index (χ0) is 18.3. The Labute approximate surface area is 148 Å². The molecule has 0 bridgehead atoms. The lowest BCUT2D eigenvalue weighted by Crippen LogP contribution is -2.42. The van der Waals surface area contributed by atoms with E-state index in [4.69, 9.17) is 0 Å². The number of nitrogens with zero attached hydrogens (tertiary/aromatic N) is 1. The molecule has 7 nitrogen and oxygen atoms in total. The molecule has 1 saturated heterocycles. The Balaban J connectivity index is 1.80. The molecule has 138 valence electrons. The highest BCUT2D eigenvalue weighted by atomic mass is 32.2. The first-order valence-corrected chi connectivity index (χ1v) is 10.0. The average Bonchev–Trinajstić information content (AvgIpc) is 3.10. The van der Waals surface area contributed by atoms with E-state index in [0.717, 1.165) is 18.4 Å². The van der Waals surface area contributed by atoms with Crippen molar-refractivity contribution in [3.8, 4) is 0 Å². The minimum Gasteiger partial charge on any atom is -0.480 e. The number of nitrogens with one attached hydrogen (secondary N) is 1. The smallest absolute Gasteiger partial charge is 0.326 e. The summed E-state index contributed by atoms with van der Waals surface area (Å²) in [5.41, 5.74) is 0.812. The lowest BCUT2D eigenvalue weighted by molar-refractivity contribution is -0.141.